The summed E-state index contributed by atoms with van der Waals surface area (Å²) in [5.41, 5.74) is -1.03. The van der Waals surface area contributed by atoms with Gasteiger partial charge < -0.3 is 34.9 Å². The molecule has 0 spiro atoms. The molecule has 3 amide bonds. The van der Waals surface area contributed by atoms with E-state index in [4.69, 9.17) is 37.4 Å². The zero-order valence-corrected chi connectivity index (χ0v) is 23.1. The van der Waals surface area contributed by atoms with E-state index >= 15 is 0 Å². The molecule has 2 bridgehead atoms. The van der Waals surface area contributed by atoms with E-state index in [2.05, 4.69) is 10.6 Å². The van der Waals surface area contributed by atoms with Gasteiger partial charge in [0, 0.05) is 29.7 Å². The van der Waals surface area contributed by atoms with Crippen LogP contribution < -0.4 is 29.7 Å². The van der Waals surface area contributed by atoms with Crippen LogP contribution >= 0.6 is 23.2 Å². The number of hydrogen-bond donors (Lipinski definition) is 3. The molecule has 4 aliphatic rings. The molecule has 10 nitrogen and oxygen atoms in total. The number of benzene rings is 2. The highest BCUT2D eigenvalue weighted by Gasteiger charge is 2.55. The third kappa shape index (κ3) is 5.63. The Hall–Kier alpha value is -3.28. The van der Waals surface area contributed by atoms with E-state index in [1.165, 1.54) is 23.1 Å². The molecule has 3 saturated carbocycles. The number of likely N-dealkylation sites (N-methyl/N-ethyl adjacent to an activating group) is 1. The Morgan fingerprint density at radius 1 is 1.10 bits per heavy atom. The number of rotatable bonds is 8. The van der Waals surface area contributed by atoms with Crippen LogP contribution in [0.3, 0.4) is 0 Å². The van der Waals surface area contributed by atoms with Crippen LogP contribution in [-0.2, 0) is 14.4 Å². The third-order valence-corrected chi connectivity index (χ3v) is 8.33. The maximum atomic E-state index is 13.6. The number of fused-ring (bicyclic) bond motifs is 4. The monoisotopic (exact) mass is 595 g/mol. The fraction of sp³-hybridized carbons (Fsp3) is 0.444. The zero-order chi connectivity index (χ0) is 28.7. The maximum absolute atomic E-state index is 13.6. The van der Waals surface area contributed by atoms with Gasteiger partial charge in [0.2, 0.25) is 0 Å². The van der Waals surface area contributed by atoms with E-state index in [9.17, 15) is 23.9 Å². The van der Waals surface area contributed by atoms with Gasteiger partial charge in [-0.15, -0.1) is 0 Å². The molecular formula is C27H28Cl2FN3O7. The number of hydrogen-bond acceptors (Lipinski definition) is 7. The third-order valence-electron chi connectivity index (χ3n) is 7.81. The first-order valence-electron chi connectivity index (χ1n) is 12.7. The molecule has 0 aromatic heterocycles. The molecule has 3 fully saturated rings. The largest absolute Gasteiger partial charge is 0.484 e. The van der Waals surface area contributed by atoms with E-state index in [-0.39, 0.29) is 54.6 Å². The topological polar surface area (TPSA) is 126 Å². The first kappa shape index (κ1) is 28.3. The molecule has 2 aromatic carbocycles. The van der Waals surface area contributed by atoms with Crippen LogP contribution in [-0.4, -0.2) is 66.9 Å². The maximum Gasteiger partial charge on any atom is 0.264 e. The predicted molar refractivity (Wildman–Crippen MR) is 144 cm³/mol. The first-order chi connectivity index (χ1) is 19.0. The SMILES string of the molecule is CN1C(=O)COc2c(OCC(=O)NC34CCC(NC(=O)COc5ccc(Cl)c(F)c5)(CC3)[C@@H](O)C4)cc(Cl)cc21. The quantitative estimate of drug-likeness (QED) is 0.428. The van der Waals surface area contributed by atoms with Crippen LogP contribution in [0, 0.1) is 5.82 Å². The minimum absolute atomic E-state index is 0.0479. The fourth-order valence-electron chi connectivity index (χ4n) is 5.59. The molecule has 0 saturated heterocycles. The molecular weight excluding hydrogens is 568 g/mol. The minimum atomic E-state index is -0.894. The van der Waals surface area contributed by atoms with Crippen molar-refractivity contribution in [2.24, 2.45) is 0 Å². The average molecular weight is 596 g/mol. The Bertz CT molecular complexity index is 1350. The van der Waals surface area contributed by atoms with Crippen LogP contribution in [0.15, 0.2) is 30.3 Å². The Labute approximate surface area is 239 Å². The Kier molecular flexibility index (Phi) is 7.73. The van der Waals surface area contributed by atoms with Crippen molar-refractivity contribution in [3.8, 4) is 17.2 Å². The predicted octanol–water partition coefficient (Wildman–Crippen LogP) is 2.99. The normalized spacial score (nSPS) is 25.1. The lowest BCUT2D eigenvalue weighted by atomic mass is 9.60. The van der Waals surface area contributed by atoms with Gasteiger partial charge in [-0.1, -0.05) is 23.2 Å². The number of amides is 3. The highest BCUT2D eigenvalue weighted by molar-refractivity contribution is 6.31. The summed E-state index contributed by atoms with van der Waals surface area (Å²) in [4.78, 5) is 38.9. The lowest BCUT2D eigenvalue weighted by Gasteiger charge is -2.56. The molecule has 40 heavy (non-hydrogen) atoms. The van der Waals surface area contributed by atoms with Gasteiger partial charge in [0.1, 0.15) is 11.6 Å². The van der Waals surface area contributed by atoms with Gasteiger partial charge in [0.25, 0.3) is 17.7 Å². The standard InChI is InChI=1S/C27H28Cl2FN3O7/c1-33-19-8-15(28)9-20(25(19)40-14-24(33)37)39-13-22(35)31-26-4-6-27(7-5-26,21(34)11-26)32-23(36)12-38-16-2-3-17(29)18(30)10-16/h2-3,8-10,21,34H,4-7,11-14H2,1H3,(H,31,35)(H,32,36)/t21-,26?,27?/m0/s1. The van der Waals surface area contributed by atoms with Crippen molar-refractivity contribution in [2.45, 2.75) is 49.3 Å². The summed E-state index contributed by atoms with van der Waals surface area (Å²) in [6.45, 7) is -0.829. The van der Waals surface area contributed by atoms with E-state index in [1.807, 2.05) is 0 Å². The van der Waals surface area contributed by atoms with Gasteiger partial charge in [-0.25, -0.2) is 4.39 Å². The molecule has 1 atom stereocenters. The van der Waals surface area contributed by atoms with Gasteiger partial charge in [0.05, 0.1) is 22.4 Å². The molecule has 3 N–H and O–H groups in total. The van der Waals surface area contributed by atoms with Gasteiger partial charge in [-0.3, -0.25) is 14.4 Å². The molecule has 3 aliphatic carbocycles. The van der Waals surface area contributed by atoms with E-state index in [0.29, 0.717) is 42.1 Å². The summed E-state index contributed by atoms with van der Waals surface area (Å²) in [5, 5.41) is 17.2. The molecule has 0 radical (unpaired) electrons. The number of aliphatic hydroxyl groups is 1. The van der Waals surface area contributed by atoms with Crippen LogP contribution in [0.1, 0.15) is 32.1 Å². The zero-order valence-electron chi connectivity index (χ0n) is 21.6. The molecule has 13 heteroatoms. The average Bonchev–Trinajstić information content (AvgIpc) is 2.91. The summed E-state index contributed by atoms with van der Waals surface area (Å²) in [6, 6.07) is 7.00. The number of ether oxygens (including phenoxy) is 3. The van der Waals surface area contributed by atoms with Crippen molar-refractivity contribution < 1.29 is 38.1 Å². The van der Waals surface area contributed by atoms with Gasteiger partial charge >= 0.3 is 0 Å². The molecule has 2 aromatic rings. The van der Waals surface area contributed by atoms with Gasteiger partial charge in [0.15, 0.2) is 31.3 Å². The number of halogens is 3. The smallest absolute Gasteiger partial charge is 0.264 e. The van der Waals surface area contributed by atoms with E-state index in [1.54, 1.807) is 13.1 Å². The van der Waals surface area contributed by atoms with Gasteiger partial charge in [-0.2, -0.15) is 0 Å². The lowest BCUT2D eigenvalue weighted by Crippen LogP contribution is -2.70. The highest BCUT2D eigenvalue weighted by Crippen LogP contribution is 2.47. The number of nitrogens with zero attached hydrogens (tertiary/aromatic N) is 1. The second kappa shape index (κ2) is 10.9. The summed E-state index contributed by atoms with van der Waals surface area (Å²) in [6.07, 6.45) is 1.35. The molecule has 0 unspecified atom stereocenters. The van der Waals surface area contributed by atoms with Crippen molar-refractivity contribution in [3.63, 3.8) is 0 Å². The van der Waals surface area contributed by atoms with Crippen molar-refractivity contribution in [1.82, 2.24) is 10.6 Å². The van der Waals surface area contributed by atoms with E-state index < -0.39 is 28.9 Å². The number of carbonyl (C=O) groups excluding carboxylic acids is 3. The van der Waals surface area contributed by atoms with Crippen molar-refractivity contribution in [1.29, 1.82) is 0 Å². The molecule has 1 aliphatic heterocycles. The summed E-state index contributed by atoms with van der Waals surface area (Å²) in [5.74, 6) is -0.981. The van der Waals surface area contributed by atoms with Crippen molar-refractivity contribution in [3.05, 3.63) is 46.2 Å². The number of nitrogens with one attached hydrogen (secondary N) is 2. The minimum Gasteiger partial charge on any atom is -0.484 e. The van der Waals surface area contributed by atoms with E-state index in [0.717, 1.165) is 6.07 Å². The van der Waals surface area contributed by atoms with Crippen LogP contribution in [0.5, 0.6) is 17.2 Å². The first-order valence-corrected chi connectivity index (χ1v) is 13.5. The number of anilines is 1. The second-order valence-corrected chi connectivity index (χ2v) is 11.2. The number of carbonyl (C=O) groups is 3. The second-order valence-electron chi connectivity index (χ2n) is 10.4. The number of aliphatic hydroxyl groups excluding tert-OH is 1. The summed E-state index contributed by atoms with van der Waals surface area (Å²) < 4.78 is 30.2. The van der Waals surface area contributed by atoms with Crippen molar-refractivity contribution >= 4 is 46.6 Å². The van der Waals surface area contributed by atoms with Crippen molar-refractivity contribution in [2.75, 3.05) is 31.8 Å². The molecule has 214 valence electrons. The molecule has 1 heterocycles. The van der Waals surface area contributed by atoms with Crippen LogP contribution in [0.2, 0.25) is 10.0 Å². The Morgan fingerprint density at radius 2 is 1.80 bits per heavy atom. The van der Waals surface area contributed by atoms with Crippen LogP contribution in [0.4, 0.5) is 10.1 Å². The highest BCUT2D eigenvalue weighted by atomic mass is 35.5. The Balaban J connectivity index is 1.15. The van der Waals surface area contributed by atoms with Crippen LogP contribution in [0.25, 0.3) is 0 Å². The Morgan fingerprint density at radius 3 is 2.50 bits per heavy atom. The lowest BCUT2D eigenvalue weighted by molar-refractivity contribution is -0.137. The fourth-order valence-corrected chi connectivity index (χ4v) is 5.91. The summed E-state index contributed by atoms with van der Waals surface area (Å²) >= 11 is 11.9. The summed E-state index contributed by atoms with van der Waals surface area (Å²) in [7, 11) is 1.60. The van der Waals surface area contributed by atoms with Gasteiger partial charge in [-0.05, 0) is 50.3 Å². The molecule has 6 rings (SSSR count).